The summed E-state index contributed by atoms with van der Waals surface area (Å²) in [5.41, 5.74) is 0.762. The quantitative estimate of drug-likeness (QED) is 0.590. The van der Waals surface area contributed by atoms with E-state index in [1.54, 1.807) is 19.3 Å². The third-order valence-electron chi connectivity index (χ3n) is 6.36. The molecule has 6 unspecified atom stereocenters. The maximum absolute atomic E-state index is 2.60. The van der Waals surface area contributed by atoms with Gasteiger partial charge in [-0.2, -0.15) is 0 Å². The van der Waals surface area contributed by atoms with Gasteiger partial charge in [0, 0.05) is 0 Å². The van der Waals surface area contributed by atoms with Gasteiger partial charge in [0.1, 0.15) is 0 Å². The zero-order chi connectivity index (χ0) is 10.1. The average molecular weight is 192 g/mol. The third-order valence-corrected chi connectivity index (χ3v) is 6.36. The van der Waals surface area contributed by atoms with Crippen molar-refractivity contribution in [3.8, 4) is 0 Å². The van der Waals surface area contributed by atoms with Gasteiger partial charge in [0.05, 0.1) is 0 Å². The first-order chi connectivity index (χ1) is 6.56. The van der Waals surface area contributed by atoms with E-state index in [1.807, 2.05) is 0 Å². The van der Waals surface area contributed by atoms with E-state index in [0.29, 0.717) is 0 Å². The van der Waals surface area contributed by atoms with Crippen LogP contribution >= 0.6 is 0 Å². The molecule has 0 aromatic rings. The molecule has 0 aliphatic heterocycles. The van der Waals surface area contributed by atoms with Crippen LogP contribution < -0.4 is 0 Å². The molecular formula is C14H24. The Labute approximate surface area is 88.5 Å². The number of hydrogen-bond donors (Lipinski definition) is 0. The predicted octanol–water partition coefficient (Wildman–Crippen LogP) is 3.96. The van der Waals surface area contributed by atoms with Gasteiger partial charge in [-0.3, -0.25) is 0 Å². The summed E-state index contributed by atoms with van der Waals surface area (Å²) in [6, 6.07) is 0. The van der Waals surface area contributed by atoms with E-state index in [-0.39, 0.29) is 0 Å². The maximum atomic E-state index is 2.60. The number of fused-ring (bicyclic) bond motifs is 3. The molecule has 0 bridgehead atoms. The Hall–Kier alpha value is 0. The fraction of sp³-hybridized carbons (Fsp3) is 1.00. The van der Waals surface area contributed by atoms with Crippen molar-refractivity contribution in [2.45, 2.75) is 47.0 Å². The standard InChI is InChI=1S/C14H24/c1-8(2)13-9(3)14(4)11-6-5-10(11)7-12(13)14/h8-13H,5-7H2,1-4H3. The first kappa shape index (κ1) is 9.24. The lowest BCUT2D eigenvalue weighted by atomic mass is 9.43. The van der Waals surface area contributed by atoms with Crippen LogP contribution in [0, 0.1) is 40.9 Å². The molecule has 0 amide bonds. The minimum atomic E-state index is 0.762. The molecule has 0 aromatic carbocycles. The Morgan fingerprint density at radius 1 is 1.14 bits per heavy atom. The van der Waals surface area contributed by atoms with E-state index in [9.17, 15) is 0 Å². The Balaban J connectivity index is 1.87. The average Bonchev–Trinajstić information content (AvgIpc) is 2.22. The molecule has 3 saturated carbocycles. The summed E-state index contributed by atoms with van der Waals surface area (Å²) in [5, 5.41) is 0. The van der Waals surface area contributed by atoms with Crippen molar-refractivity contribution in [3.63, 3.8) is 0 Å². The second-order valence-corrected chi connectivity index (χ2v) is 6.76. The highest BCUT2D eigenvalue weighted by atomic mass is 14.7. The third kappa shape index (κ3) is 0.785. The fourth-order valence-corrected chi connectivity index (χ4v) is 5.46. The van der Waals surface area contributed by atoms with Gasteiger partial charge in [0.2, 0.25) is 0 Å². The minimum absolute atomic E-state index is 0.762. The molecule has 6 atom stereocenters. The lowest BCUT2D eigenvalue weighted by Crippen LogP contribution is -2.56. The van der Waals surface area contributed by atoms with Crippen molar-refractivity contribution in [2.75, 3.05) is 0 Å². The second kappa shape index (κ2) is 2.57. The topological polar surface area (TPSA) is 0 Å². The number of rotatable bonds is 1. The smallest absolute Gasteiger partial charge is 0.0235 e. The van der Waals surface area contributed by atoms with Gasteiger partial charge in [0.25, 0.3) is 0 Å². The molecule has 0 aromatic heterocycles. The molecule has 80 valence electrons. The summed E-state index contributed by atoms with van der Waals surface area (Å²) in [7, 11) is 0. The highest BCUT2D eigenvalue weighted by Gasteiger charge is 2.67. The second-order valence-electron chi connectivity index (χ2n) is 6.76. The maximum Gasteiger partial charge on any atom is -0.0235 e. The highest BCUT2D eigenvalue weighted by molar-refractivity contribution is 5.16. The van der Waals surface area contributed by atoms with Gasteiger partial charge in [-0.15, -0.1) is 0 Å². The molecule has 0 nitrogen and oxygen atoms in total. The predicted molar refractivity (Wildman–Crippen MR) is 59.9 cm³/mol. The van der Waals surface area contributed by atoms with Crippen molar-refractivity contribution < 1.29 is 0 Å². The van der Waals surface area contributed by atoms with Crippen molar-refractivity contribution in [1.82, 2.24) is 0 Å². The molecule has 3 aliphatic carbocycles. The Kier molecular flexibility index (Phi) is 1.70. The van der Waals surface area contributed by atoms with Crippen LogP contribution in [0.1, 0.15) is 47.0 Å². The zero-order valence-electron chi connectivity index (χ0n) is 10.1. The molecular weight excluding hydrogens is 168 g/mol. The van der Waals surface area contributed by atoms with Gasteiger partial charge in [0.15, 0.2) is 0 Å². The summed E-state index contributed by atoms with van der Waals surface area (Å²) in [6.45, 7) is 9.99. The highest BCUT2D eigenvalue weighted by Crippen LogP contribution is 2.74. The molecule has 3 rings (SSSR count). The first-order valence-electron chi connectivity index (χ1n) is 6.56. The van der Waals surface area contributed by atoms with Gasteiger partial charge in [-0.25, -0.2) is 0 Å². The molecule has 0 spiro atoms. The van der Waals surface area contributed by atoms with Crippen LogP contribution in [-0.2, 0) is 0 Å². The van der Waals surface area contributed by atoms with Crippen molar-refractivity contribution in [1.29, 1.82) is 0 Å². The minimum Gasteiger partial charge on any atom is -0.0625 e. The SMILES string of the molecule is CC(C)C1C(C)C2(C)C3CCC3CC12. The molecule has 3 fully saturated rings. The van der Waals surface area contributed by atoms with Crippen LogP contribution in [0.5, 0.6) is 0 Å². The first-order valence-corrected chi connectivity index (χ1v) is 6.56. The summed E-state index contributed by atoms with van der Waals surface area (Å²) < 4.78 is 0. The molecule has 0 heteroatoms. The molecule has 0 saturated heterocycles. The van der Waals surface area contributed by atoms with Crippen molar-refractivity contribution >= 4 is 0 Å². The molecule has 3 aliphatic rings. The van der Waals surface area contributed by atoms with Crippen LogP contribution in [-0.4, -0.2) is 0 Å². The van der Waals surface area contributed by atoms with E-state index >= 15 is 0 Å². The largest absolute Gasteiger partial charge is 0.0625 e. The van der Waals surface area contributed by atoms with E-state index in [1.165, 1.54) is 0 Å². The van der Waals surface area contributed by atoms with Crippen LogP contribution in [0.2, 0.25) is 0 Å². The Morgan fingerprint density at radius 2 is 1.86 bits per heavy atom. The van der Waals surface area contributed by atoms with Gasteiger partial charge < -0.3 is 0 Å². The van der Waals surface area contributed by atoms with Gasteiger partial charge in [-0.1, -0.05) is 27.7 Å². The van der Waals surface area contributed by atoms with E-state index in [2.05, 4.69) is 27.7 Å². The van der Waals surface area contributed by atoms with Gasteiger partial charge in [-0.05, 0) is 60.2 Å². The van der Waals surface area contributed by atoms with E-state index in [4.69, 9.17) is 0 Å². The van der Waals surface area contributed by atoms with E-state index in [0.717, 1.165) is 40.9 Å². The normalized spacial score (nSPS) is 60.2. The zero-order valence-corrected chi connectivity index (χ0v) is 10.1. The van der Waals surface area contributed by atoms with Crippen LogP contribution in [0.3, 0.4) is 0 Å². The monoisotopic (exact) mass is 192 g/mol. The van der Waals surface area contributed by atoms with Crippen LogP contribution in [0.15, 0.2) is 0 Å². The van der Waals surface area contributed by atoms with E-state index < -0.39 is 0 Å². The Bertz CT molecular complexity index is 255. The summed E-state index contributed by atoms with van der Waals surface area (Å²) in [5.74, 6) is 6.32. The lowest BCUT2D eigenvalue weighted by Gasteiger charge is -2.61. The van der Waals surface area contributed by atoms with Gasteiger partial charge >= 0.3 is 0 Å². The summed E-state index contributed by atoms with van der Waals surface area (Å²) >= 11 is 0. The summed E-state index contributed by atoms with van der Waals surface area (Å²) in [6.07, 6.45) is 4.68. The van der Waals surface area contributed by atoms with Crippen molar-refractivity contribution in [2.24, 2.45) is 40.9 Å². The van der Waals surface area contributed by atoms with Crippen LogP contribution in [0.25, 0.3) is 0 Å². The lowest BCUT2D eigenvalue weighted by molar-refractivity contribution is -0.135. The summed E-state index contributed by atoms with van der Waals surface area (Å²) in [4.78, 5) is 0. The molecule has 0 heterocycles. The fourth-order valence-electron chi connectivity index (χ4n) is 5.46. The molecule has 0 radical (unpaired) electrons. The Morgan fingerprint density at radius 3 is 2.36 bits per heavy atom. The van der Waals surface area contributed by atoms with Crippen LogP contribution in [0.4, 0.5) is 0 Å². The molecule has 14 heavy (non-hydrogen) atoms. The molecule has 0 N–H and O–H groups in total. The van der Waals surface area contributed by atoms with Crippen molar-refractivity contribution in [3.05, 3.63) is 0 Å². The number of hydrogen-bond acceptors (Lipinski definition) is 0.